The minimum atomic E-state index is 0.0816. The summed E-state index contributed by atoms with van der Waals surface area (Å²) in [4.78, 5) is 2.38. The van der Waals surface area contributed by atoms with E-state index in [-0.39, 0.29) is 12.0 Å². The van der Waals surface area contributed by atoms with E-state index in [0.29, 0.717) is 0 Å². The maximum Gasteiger partial charge on any atom is 0.0497 e. The van der Waals surface area contributed by atoms with Crippen LogP contribution in [0.2, 0.25) is 0 Å². The quantitative estimate of drug-likeness (QED) is 0.781. The molecule has 1 fully saturated rings. The number of aromatic amines is 1. The molecule has 1 atom stereocenters. The Hall–Kier alpha value is -0.870. The highest BCUT2D eigenvalue weighted by atomic mass is 16.3. The van der Waals surface area contributed by atoms with Gasteiger partial charge in [0.05, 0.1) is 0 Å². The molecule has 1 aromatic heterocycles. The number of aromatic nitrogens is 2. The summed E-state index contributed by atoms with van der Waals surface area (Å²) in [5.74, 6) is 0. The lowest BCUT2D eigenvalue weighted by Gasteiger charge is -2.39. The Bertz CT molecular complexity index is 299. The van der Waals surface area contributed by atoms with Gasteiger partial charge in [0.25, 0.3) is 0 Å². The van der Waals surface area contributed by atoms with Gasteiger partial charge in [-0.3, -0.25) is 10.00 Å². The second-order valence-electron chi connectivity index (χ2n) is 4.86. The van der Waals surface area contributed by atoms with Crippen LogP contribution >= 0.6 is 0 Å². The lowest BCUT2D eigenvalue weighted by Crippen LogP contribution is -2.43. The van der Waals surface area contributed by atoms with E-state index < -0.39 is 0 Å². The summed E-state index contributed by atoms with van der Waals surface area (Å²) >= 11 is 0. The van der Waals surface area contributed by atoms with Gasteiger partial charge in [0.15, 0.2) is 0 Å². The first-order valence-corrected chi connectivity index (χ1v) is 5.53. The van der Waals surface area contributed by atoms with E-state index in [0.717, 1.165) is 31.7 Å². The van der Waals surface area contributed by atoms with Gasteiger partial charge in [0.2, 0.25) is 0 Å². The second kappa shape index (κ2) is 4.33. The standard InChI is InChI=1S/C11H19N3O/c1-11(9-15)4-2-6-14(8-11)7-10-3-5-12-13-10/h3,5,15H,2,4,6-9H2,1H3,(H,12,13). The number of rotatable bonds is 3. The maximum atomic E-state index is 9.35. The van der Waals surface area contributed by atoms with Gasteiger partial charge in [-0.1, -0.05) is 6.92 Å². The molecule has 0 bridgehead atoms. The smallest absolute Gasteiger partial charge is 0.0497 e. The Labute approximate surface area is 90.3 Å². The molecule has 0 spiro atoms. The minimum absolute atomic E-state index is 0.0816. The fourth-order valence-electron chi connectivity index (χ4n) is 2.31. The van der Waals surface area contributed by atoms with Crippen molar-refractivity contribution in [3.05, 3.63) is 18.0 Å². The average molecular weight is 209 g/mol. The van der Waals surface area contributed by atoms with Crippen LogP contribution in [0.3, 0.4) is 0 Å². The van der Waals surface area contributed by atoms with Crippen molar-refractivity contribution in [3.63, 3.8) is 0 Å². The first-order chi connectivity index (χ1) is 7.22. The highest BCUT2D eigenvalue weighted by Crippen LogP contribution is 2.29. The highest BCUT2D eigenvalue weighted by molar-refractivity contribution is 4.98. The number of H-pyrrole nitrogens is 1. The molecule has 1 unspecified atom stereocenters. The fraction of sp³-hybridized carbons (Fsp3) is 0.727. The van der Waals surface area contributed by atoms with Crippen molar-refractivity contribution in [2.24, 2.45) is 5.41 Å². The molecule has 1 aromatic rings. The Balaban J connectivity index is 1.93. The van der Waals surface area contributed by atoms with E-state index in [1.165, 1.54) is 6.42 Å². The molecule has 0 aromatic carbocycles. The predicted octanol–water partition coefficient (Wildman–Crippen LogP) is 1.00. The average Bonchev–Trinajstić information content (AvgIpc) is 2.71. The molecule has 0 radical (unpaired) electrons. The van der Waals surface area contributed by atoms with Crippen molar-refractivity contribution in [1.29, 1.82) is 0 Å². The van der Waals surface area contributed by atoms with E-state index >= 15 is 0 Å². The first kappa shape index (κ1) is 10.6. The largest absolute Gasteiger partial charge is 0.396 e. The van der Waals surface area contributed by atoms with Crippen LogP contribution < -0.4 is 0 Å². The molecule has 84 valence electrons. The van der Waals surface area contributed by atoms with Crippen LogP contribution in [0, 0.1) is 5.41 Å². The Kier molecular flexibility index (Phi) is 3.07. The Morgan fingerprint density at radius 2 is 2.53 bits per heavy atom. The normalized spacial score (nSPS) is 28.1. The number of likely N-dealkylation sites (tertiary alicyclic amines) is 1. The van der Waals surface area contributed by atoms with Gasteiger partial charge in [0.1, 0.15) is 0 Å². The first-order valence-electron chi connectivity index (χ1n) is 5.53. The topological polar surface area (TPSA) is 52.1 Å². The van der Waals surface area contributed by atoms with Crippen molar-refractivity contribution in [2.45, 2.75) is 26.3 Å². The Morgan fingerprint density at radius 3 is 3.20 bits per heavy atom. The molecule has 0 aliphatic carbocycles. The van der Waals surface area contributed by atoms with Gasteiger partial charge in [-0.2, -0.15) is 5.10 Å². The lowest BCUT2D eigenvalue weighted by molar-refractivity contribution is 0.0423. The van der Waals surface area contributed by atoms with E-state index in [1.807, 2.05) is 6.07 Å². The third-order valence-electron chi connectivity index (χ3n) is 3.19. The van der Waals surface area contributed by atoms with E-state index in [1.54, 1.807) is 6.20 Å². The van der Waals surface area contributed by atoms with Gasteiger partial charge in [-0.25, -0.2) is 0 Å². The lowest BCUT2D eigenvalue weighted by atomic mass is 9.83. The molecule has 1 saturated heterocycles. The molecule has 0 amide bonds. The summed E-state index contributed by atoms with van der Waals surface area (Å²) in [6, 6.07) is 2.00. The van der Waals surface area contributed by atoms with Crippen molar-refractivity contribution in [1.82, 2.24) is 15.1 Å². The van der Waals surface area contributed by atoms with Crippen LogP contribution in [-0.4, -0.2) is 39.9 Å². The SMILES string of the molecule is CC1(CO)CCCN(Cc2ccn[nH]2)C1. The van der Waals surface area contributed by atoms with Crippen LogP contribution in [0.25, 0.3) is 0 Å². The van der Waals surface area contributed by atoms with Crippen LogP contribution in [0.4, 0.5) is 0 Å². The van der Waals surface area contributed by atoms with E-state index in [9.17, 15) is 5.11 Å². The zero-order valence-corrected chi connectivity index (χ0v) is 9.24. The van der Waals surface area contributed by atoms with Gasteiger partial charge in [-0.15, -0.1) is 0 Å². The summed E-state index contributed by atoms with van der Waals surface area (Å²) in [6.45, 7) is 5.45. The van der Waals surface area contributed by atoms with E-state index in [4.69, 9.17) is 0 Å². The molecule has 1 aliphatic heterocycles. The molecule has 15 heavy (non-hydrogen) atoms. The van der Waals surface area contributed by atoms with Crippen LogP contribution in [0.1, 0.15) is 25.5 Å². The number of hydrogen-bond acceptors (Lipinski definition) is 3. The summed E-state index contributed by atoms with van der Waals surface area (Å²) in [7, 11) is 0. The third-order valence-corrected chi connectivity index (χ3v) is 3.19. The third kappa shape index (κ3) is 2.58. The summed E-state index contributed by atoms with van der Waals surface area (Å²) < 4.78 is 0. The predicted molar refractivity (Wildman–Crippen MR) is 58.3 cm³/mol. The number of aliphatic hydroxyl groups excluding tert-OH is 1. The molecule has 2 heterocycles. The fourth-order valence-corrected chi connectivity index (χ4v) is 2.31. The van der Waals surface area contributed by atoms with Crippen LogP contribution in [-0.2, 0) is 6.54 Å². The van der Waals surface area contributed by atoms with Crippen LogP contribution in [0.15, 0.2) is 12.3 Å². The summed E-state index contributed by atoms with van der Waals surface area (Å²) in [6.07, 6.45) is 4.08. The highest BCUT2D eigenvalue weighted by Gasteiger charge is 2.30. The van der Waals surface area contributed by atoms with E-state index in [2.05, 4.69) is 22.0 Å². The number of nitrogens with zero attached hydrogens (tertiary/aromatic N) is 2. The minimum Gasteiger partial charge on any atom is -0.396 e. The molecular formula is C11H19N3O. The van der Waals surface area contributed by atoms with Crippen molar-refractivity contribution in [3.8, 4) is 0 Å². The van der Waals surface area contributed by atoms with Crippen molar-refractivity contribution >= 4 is 0 Å². The van der Waals surface area contributed by atoms with Crippen LogP contribution in [0.5, 0.6) is 0 Å². The molecule has 2 rings (SSSR count). The summed E-state index contributed by atoms with van der Waals surface area (Å²) in [5, 5.41) is 16.3. The molecule has 1 aliphatic rings. The molecular weight excluding hydrogens is 190 g/mol. The van der Waals surface area contributed by atoms with Gasteiger partial charge in [0, 0.05) is 37.0 Å². The zero-order valence-electron chi connectivity index (χ0n) is 9.24. The zero-order chi connectivity index (χ0) is 10.7. The number of hydrogen-bond donors (Lipinski definition) is 2. The van der Waals surface area contributed by atoms with Gasteiger partial charge in [-0.05, 0) is 25.5 Å². The molecule has 2 N–H and O–H groups in total. The molecule has 4 nitrogen and oxygen atoms in total. The van der Waals surface area contributed by atoms with Crippen molar-refractivity contribution in [2.75, 3.05) is 19.7 Å². The monoisotopic (exact) mass is 209 g/mol. The number of aliphatic hydroxyl groups is 1. The molecule has 0 saturated carbocycles. The van der Waals surface area contributed by atoms with Gasteiger partial charge < -0.3 is 5.11 Å². The van der Waals surface area contributed by atoms with Crippen molar-refractivity contribution < 1.29 is 5.11 Å². The van der Waals surface area contributed by atoms with Gasteiger partial charge >= 0.3 is 0 Å². The summed E-state index contributed by atoms with van der Waals surface area (Å²) in [5.41, 5.74) is 1.23. The second-order valence-corrected chi connectivity index (χ2v) is 4.86. The molecule has 4 heteroatoms. The Morgan fingerprint density at radius 1 is 1.67 bits per heavy atom. The number of piperidine rings is 1. The maximum absolute atomic E-state index is 9.35. The number of nitrogens with one attached hydrogen (secondary N) is 1.